The fourth-order valence-electron chi connectivity index (χ4n) is 3.57. The molecular weight excluding hydrogens is 376 g/mol. The van der Waals surface area contributed by atoms with Crippen molar-refractivity contribution in [2.45, 2.75) is 68.3 Å². The van der Waals surface area contributed by atoms with Crippen LogP contribution >= 0.6 is 0 Å². The van der Waals surface area contributed by atoms with Gasteiger partial charge in [0.1, 0.15) is 6.04 Å². The highest BCUT2D eigenvalue weighted by Gasteiger charge is 2.51. The monoisotopic (exact) mass is 404 g/mol. The van der Waals surface area contributed by atoms with Crippen LogP contribution in [0.5, 0.6) is 0 Å². The largest absolute Gasteiger partial charge is 0.480 e. The van der Waals surface area contributed by atoms with E-state index in [9.17, 15) is 22.8 Å². The number of carboxylic acids is 1. The van der Waals surface area contributed by atoms with E-state index in [1.165, 1.54) is 0 Å². The lowest BCUT2D eigenvalue weighted by Gasteiger charge is -2.16. The number of nitrogens with two attached hydrogens (primary N) is 1. The number of rotatable bonds is 11. The molecular formula is C16H28N4O6S. The van der Waals surface area contributed by atoms with Gasteiger partial charge in [0.15, 0.2) is 9.84 Å². The minimum absolute atomic E-state index is 0.0346. The average molecular weight is 404 g/mol. The minimum atomic E-state index is -3.23. The number of carbonyl (C=O) groups excluding carboxylic acids is 2. The quantitative estimate of drug-likeness (QED) is 0.219. The molecule has 27 heavy (non-hydrogen) atoms. The van der Waals surface area contributed by atoms with Gasteiger partial charge >= 0.3 is 12.0 Å². The van der Waals surface area contributed by atoms with Gasteiger partial charge in [-0.25, -0.2) is 13.2 Å². The van der Waals surface area contributed by atoms with Gasteiger partial charge in [0.25, 0.3) is 0 Å². The fourth-order valence-corrected chi connectivity index (χ4v) is 5.83. The Morgan fingerprint density at radius 1 is 1.22 bits per heavy atom. The number of aliphatic carboxylic acids is 1. The molecule has 0 saturated carbocycles. The molecule has 0 spiro atoms. The molecule has 4 atom stereocenters. The van der Waals surface area contributed by atoms with Crippen molar-refractivity contribution in [3.8, 4) is 0 Å². The van der Waals surface area contributed by atoms with Crippen LogP contribution < -0.4 is 21.7 Å². The number of hydrogen-bond acceptors (Lipinski definition) is 6. The molecule has 0 aromatic rings. The van der Waals surface area contributed by atoms with Gasteiger partial charge in [0.05, 0.1) is 23.1 Å². The standard InChI is InChI=1S/C16H28N4O6S/c17-10(15(22)23)5-3-4-8-18-13(21)7-2-1-6-12-14-11(9-27(12,25)26)19-16(24)20-14/h10-12,14H,1-9,17H2,(H,18,21)(H,22,23)(H2,19,20,24). The summed E-state index contributed by atoms with van der Waals surface area (Å²) >= 11 is 0. The third-order valence-electron chi connectivity index (χ3n) is 5.05. The summed E-state index contributed by atoms with van der Waals surface area (Å²) in [4.78, 5) is 33.7. The van der Waals surface area contributed by atoms with Crippen LogP contribution in [-0.4, -0.2) is 67.1 Å². The summed E-state index contributed by atoms with van der Waals surface area (Å²) in [5.41, 5.74) is 5.39. The molecule has 0 aliphatic carbocycles. The predicted octanol–water partition coefficient (Wildman–Crippen LogP) is -0.908. The summed E-state index contributed by atoms with van der Waals surface area (Å²) in [6, 6.07) is -1.93. The van der Waals surface area contributed by atoms with Gasteiger partial charge in [-0.15, -0.1) is 0 Å². The Morgan fingerprint density at radius 3 is 2.67 bits per heavy atom. The zero-order valence-corrected chi connectivity index (χ0v) is 16.0. The SMILES string of the molecule is NC(CCCCNC(=O)CCCCC1C2NC(=O)NC2CS1(=O)=O)C(=O)O. The Labute approximate surface area is 158 Å². The van der Waals surface area contributed by atoms with Crippen molar-refractivity contribution in [1.82, 2.24) is 16.0 Å². The number of sulfone groups is 1. The second kappa shape index (κ2) is 9.36. The molecule has 2 rings (SSSR count). The Balaban J connectivity index is 1.58. The Kier molecular flexibility index (Phi) is 7.42. The highest BCUT2D eigenvalue weighted by Crippen LogP contribution is 2.28. The lowest BCUT2D eigenvalue weighted by molar-refractivity contribution is -0.138. The second-order valence-corrected chi connectivity index (χ2v) is 9.42. The summed E-state index contributed by atoms with van der Waals surface area (Å²) in [5, 5.41) is 16.1. The normalized spacial score (nSPS) is 26.7. The maximum absolute atomic E-state index is 12.2. The van der Waals surface area contributed by atoms with Gasteiger partial charge in [-0.05, 0) is 32.1 Å². The Morgan fingerprint density at radius 2 is 1.96 bits per heavy atom. The van der Waals surface area contributed by atoms with Crippen LogP contribution in [0, 0.1) is 0 Å². The molecule has 10 nitrogen and oxygen atoms in total. The number of hydrogen-bond donors (Lipinski definition) is 5. The first-order valence-corrected chi connectivity index (χ1v) is 11.0. The molecule has 0 aromatic carbocycles. The predicted molar refractivity (Wildman–Crippen MR) is 97.8 cm³/mol. The van der Waals surface area contributed by atoms with Crippen LogP contribution in [0.2, 0.25) is 0 Å². The van der Waals surface area contributed by atoms with Crippen LogP contribution in [-0.2, 0) is 19.4 Å². The van der Waals surface area contributed by atoms with E-state index in [-0.39, 0.29) is 29.8 Å². The van der Waals surface area contributed by atoms with Crippen LogP contribution in [0.25, 0.3) is 0 Å². The third kappa shape index (κ3) is 6.06. The van der Waals surface area contributed by atoms with Gasteiger partial charge in [-0.1, -0.05) is 6.42 Å². The lowest BCUT2D eigenvalue weighted by atomic mass is 10.0. The van der Waals surface area contributed by atoms with Crippen molar-refractivity contribution in [1.29, 1.82) is 0 Å². The molecule has 3 amide bonds. The molecule has 2 aliphatic heterocycles. The third-order valence-corrected chi connectivity index (χ3v) is 7.32. The van der Waals surface area contributed by atoms with Crippen LogP contribution in [0.15, 0.2) is 0 Å². The van der Waals surface area contributed by atoms with E-state index < -0.39 is 27.1 Å². The van der Waals surface area contributed by atoms with E-state index in [0.717, 1.165) is 0 Å². The van der Waals surface area contributed by atoms with Gasteiger partial charge in [0, 0.05) is 13.0 Å². The number of carbonyl (C=O) groups is 3. The Bertz CT molecular complexity index is 668. The van der Waals surface area contributed by atoms with Gasteiger partial charge in [-0.3, -0.25) is 9.59 Å². The lowest BCUT2D eigenvalue weighted by Crippen LogP contribution is -2.39. The zero-order chi connectivity index (χ0) is 20.0. The molecule has 2 saturated heterocycles. The number of amides is 3. The number of unbranched alkanes of at least 4 members (excludes halogenated alkanes) is 2. The van der Waals surface area contributed by atoms with Gasteiger partial charge in [0.2, 0.25) is 5.91 Å². The van der Waals surface area contributed by atoms with E-state index in [1.54, 1.807) is 0 Å². The molecule has 11 heteroatoms. The molecule has 4 unspecified atom stereocenters. The van der Waals surface area contributed by atoms with Crippen LogP contribution in [0.3, 0.4) is 0 Å². The summed E-state index contributed by atoms with van der Waals surface area (Å²) in [6.07, 6.45) is 3.53. The molecule has 0 bridgehead atoms. The molecule has 0 aromatic heterocycles. The van der Waals surface area contributed by atoms with Crippen molar-refractivity contribution >= 4 is 27.7 Å². The Hall–Kier alpha value is -1.88. The van der Waals surface area contributed by atoms with E-state index in [0.29, 0.717) is 51.5 Å². The number of urea groups is 1. The average Bonchev–Trinajstić information content (AvgIpc) is 3.02. The summed E-state index contributed by atoms with van der Waals surface area (Å²) in [5.74, 6) is -1.17. The van der Waals surface area contributed by atoms with Crippen molar-refractivity contribution in [3.63, 3.8) is 0 Å². The molecule has 2 heterocycles. The molecule has 2 fully saturated rings. The summed E-state index contributed by atoms with van der Waals surface area (Å²) in [7, 11) is -3.23. The first kappa shape index (κ1) is 21.4. The number of carboxylic acid groups (broad SMARTS) is 1. The van der Waals surface area contributed by atoms with Crippen molar-refractivity contribution in [2.24, 2.45) is 5.73 Å². The van der Waals surface area contributed by atoms with Gasteiger partial charge < -0.3 is 26.8 Å². The summed E-state index contributed by atoms with van der Waals surface area (Å²) < 4.78 is 24.4. The van der Waals surface area contributed by atoms with Gasteiger partial charge in [-0.2, -0.15) is 0 Å². The minimum Gasteiger partial charge on any atom is -0.480 e. The second-order valence-electron chi connectivity index (χ2n) is 7.15. The highest BCUT2D eigenvalue weighted by atomic mass is 32.2. The van der Waals surface area contributed by atoms with E-state index in [4.69, 9.17) is 10.8 Å². The van der Waals surface area contributed by atoms with Crippen molar-refractivity contribution in [2.75, 3.05) is 12.3 Å². The summed E-state index contributed by atoms with van der Waals surface area (Å²) in [6.45, 7) is 0.462. The first-order chi connectivity index (χ1) is 12.7. The molecule has 0 radical (unpaired) electrons. The first-order valence-electron chi connectivity index (χ1n) is 9.24. The smallest absolute Gasteiger partial charge is 0.320 e. The maximum atomic E-state index is 12.2. The van der Waals surface area contributed by atoms with Crippen LogP contribution in [0.4, 0.5) is 4.79 Å². The van der Waals surface area contributed by atoms with Crippen LogP contribution in [0.1, 0.15) is 44.9 Å². The maximum Gasteiger partial charge on any atom is 0.320 e. The van der Waals surface area contributed by atoms with E-state index in [1.807, 2.05) is 0 Å². The topological polar surface area (TPSA) is 168 Å². The zero-order valence-electron chi connectivity index (χ0n) is 15.1. The fraction of sp³-hybridized carbons (Fsp3) is 0.812. The van der Waals surface area contributed by atoms with E-state index >= 15 is 0 Å². The molecule has 2 aliphatic rings. The molecule has 154 valence electrons. The molecule has 6 N–H and O–H groups in total. The highest BCUT2D eigenvalue weighted by molar-refractivity contribution is 7.92. The van der Waals surface area contributed by atoms with Crippen molar-refractivity contribution in [3.05, 3.63) is 0 Å². The van der Waals surface area contributed by atoms with E-state index in [2.05, 4.69) is 16.0 Å². The number of nitrogens with one attached hydrogen (secondary N) is 3. The van der Waals surface area contributed by atoms with Crippen molar-refractivity contribution < 1.29 is 27.9 Å². The number of fused-ring (bicyclic) bond motifs is 1.